The Kier molecular flexibility index (Phi) is 4.94. The highest BCUT2D eigenvalue weighted by Crippen LogP contribution is 2.33. The first kappa shape index (κ1) is 18.6. The summed E-state index contributed by atoms with van der Waals surface area (Å²) in [4.78, 5) is 19.7. The smallest absolute Gasteiger partial charge is 0.257 e. The van der Waals surface area contributed by atoms with Crippen molar-refractivity contribution >= 4 is 22.5 Å². The Labute approximate surface area is 169 Å². The van der Waals surface area contributed by atoms with Crippen molar-refractivity contribution in [3.05, 3.63) is 83.4 Å². The van der Waals surface area contributed by atoms with Gasteiger partial charge in [-0.05, 0) is 43.9 Å². The molecule has 0 saturated carbocycles. The lowest BCUT2D eigenvalue weighted by atomic mass is 10.1. The number of nitriles is 1. The molecule has 0 atom stereocenters. The third kappa shape index (κ3) is 3.66. The van der Waals surface area contributed by atoms with Gasteiger partial charge in [-0.3, -0.25) is 4.79 Å². The molecule has 1 N–H and O–H groups in total. The first-order chi connectivity index (χ1) is 14.1. The first-order valence-corrected chi connectivity index (χ1v) is 9.33. The van der Waals surface area contributed by atoms with E-state index in [0.29, 0.717) is 16.8 Å². The second kappa shape index (κ2) is 7.70. The normalized spacial score (nSPS) is 11.0. The van der Waals surface area contributed by atoms with Crippen LogP contribution >= 0.6 is 0 Å². The van der Waals surface area contributed by atoms with Gasteiger partial charge in [-0.25, -0.2) is 4.98 Å². The number of nitrogens with zero attached hydrogens (tertiary/aromatic N) is 3. The van der Waals surface area contributed by atoms with Gasteiger partial charge in [-0.2, -0.15) is 5.26 Å². The molecule has 1 amide bonds. The van der Waals surface area contributed by atoms with Crippen LogP contribution in [0.15, 0.2) is 66.7 Å². The molecule has 4 rings (SSSR count). The van der Waals surface area contributed by atoms with Crippen LogP contribution in [0.4, 0.5) is 5.69 Å². The van der Waals surface area contributed by atoms with E-state index in [2.05, 4.69) is 34.5 Å². The molecule has 5 heteroatoms. The van der Waals surface area contributed by atoms with Crippen LogP contribution in [0.1, 0.15) is 21.5 Å². The maximum absolute atomic E-state index is 12.7. The summed E-state index contributed by atoms with van der Waals surface area (Å²) in [6.07, 6.45) is 0. The standard InChI is InChI=1S/C24H20N4O/c1-28(2)15-17-8-5-12-21-20-11-6-9-18(13-22(20)27-23(17)21)26-24(29)19-10-4-3-7-16(19)14-25/h3-13H,15H2,1-2H3,(H,26,29). The highest BCUT2D eigenvalue weighted by Gasteiger charge is 2.16. The maximum Gasteiger partial charge on any atom is 0.257 e. The zero-order valence-corrected chi connectivity index (χ0v) is 16.3. The van der Waals surface area contributed by atoms with E-state index >= 15 is 0 Å². The van der Waals surface area contributed by atoms with Gasteiger partial charge in [0.05, 0.1) is 28.4 Å². The number of anilines is 1. The fourth-order valence-corrected chi connectivity index (χ4v) is 3.51. The van der Waals surface area contributed by atoms with Crippen LogP contribution in [0.25, 0.3) is 22.2 Å². The number of hydrogen-bond acceptors (Lipinski definition) is 4. The summed E-state index contributed by atoms with van der Waals surface area (Å²) < 4.78 is 0. The monoisotopic (exact) mass is 380 g/mol. The van der Waals surface area contributed by atoms with E-state index in [9.17, 15) is 10.1 Å². The molecule has 0 unspecified atom stereocenters. The van der Waals surface area contributed by atoms with Crippen molar-refractivity contribution in [3.63, 3.8) is 0 Å². The SMILES string of the molecule is CN(C)Cc1cccc2c3cccc(NC(=O)c4ccccc4C#N)cc-3nc12. The van der Waals surface area contributed by atoms with Gasteiger partial charge in [0.2, 0.25) is 0 Å². The highest BCUT2D eigenvalue weighted by atomic mass is 16.1. The Morgan fingerprint density at radius 3 is 2.66 bits per heavy atom. The predicted octanol–water partition coefficient (Wildman–Crippen LogP) is 4.53. The molecule has 0 radical (unpaired) electrons. The van der Waals surface area contributed by atoms with Crippen LogP contribution in [0.3, 0.4) is 0 Å². The second-order valence-electron chi connectivity index (χ2n) is 7.20. The molecule has 0 saturated heterocycles. The Bertz CT molecular complexity index is 1220. The van der Waals surface area contributed by atoms with E-state index in [-0.39, 0.29) is 5.91 Å². The van der Waals surface area contributed by atoms with Crippen molar-refractivity contribution in [2.24, 2.45) is 0 Å². The van der Waals surface area contributed by atoms with Crippen LogP contribution < -0.4 is 5.32 Å². The first-order valence-electron chi connectivity index (χ1n) is 9.33. The number of hydrogen-bond donors (Lipinski definition) is 1. The minimum atomic E-state index is -0.314. The number of fused-ring (bicyclic) bond motifs is 3. The zero-order chi connectivity index (χ0) is 20.4. The average Bonchev–Trinajstić information content (AvgIpc) is 2.93. The number of aromatic nitrogens is 1. The molecule has 2 aliphatic rings. The van der Waals surface area contributed by atoms with Crippen molar-refractivity contribution in [2.45, 2.75) is 6.54 Å². The second-order valence-corrected chi connectivity index (χ2v) is 7.20. The van der Waals surface area contributed by atoms with Crippen LogP contribution in [0, 0.1) is 11.3 Å². The topological polar surface area (TPSA) is 69.0 Å². The van der Waals surface area contributed by atoms with Gasteiger partial charge in [0.25, 0.3) is 5.91 Å². The number of carbonyl (C=O) groups excluding carboxylic acids is 1. The number of rotatable bonds is 4. The molecule has 1 aliphatic heterocycles. The molecule has 1 aliphatic carbocycles. The van der Waals surface area contributed by atoms with Gasteiger partial charge in [0, 0.05) is 23.2 Å². The number of para-hydroxylation sites is 1. The Balaban J connectivity index is 1.74. The van der Waals surface area contributed by atoms with Crippen molar-refractivity contribution in [2.75, 3.05) is 19.4 Å². The number of benzene rings is 2. The number of carbonyl (C=O) groups is 1. The minimum Gasteiger partial charge on any atom is -0.322 e. The Hall–Kier alpha value is -3.75. The van der Waals surface area contributed by atoms with E-state index in [1.807, 2.05) is 38.4 Å². The van der Waals surface area contributed by atoms with Crippen LogP contribution in [-0.4, -0.2) is 29.9 Å². The molecule has 29 heavy (non-hydrogen) atoms. The fourth-order valence-electron chi connectivity index (χ4n) is 3.51. The average molecular weight is 380 g/mol. The molecule has 0 fully saturated rings. The lowest BCUT2D eigenvalue weighted by Crippen LogP contribution is -2.13. The molecule has 5 nitrogen and oxygen atoms in total. The fraction of sp³-hybridized carbons (Fsp3) is 0.125. The van der Waals surface area contributed by atoms with E-state index in [0.717, 1.165) is 28.7 Å². The molecule has 142 valence electrons. The van der Waals surface area contributed by atoms with Gasteiger partial charge >= 0.3 is 0 Å². The molecule has 2 aromatic carbocycles. The number of nitrogens with one attached hydrogen (secondary N) is 1. The summed E-state index contributed by atoms with van der Waals surface area (Å²) in [5.74, 6) is -0.314. The summed E-state index contributed by atoms with van der Waals surface area (Å²) in [6.45, 7) is 0.807. The molecular weight excluding hydrogens is 360 g/mol. The molecule has 0 spiro atoms. The predicted molar refractivity (Wildman–Crippen MR) is 115 cm³/mol. The third-order valence-corrected chi connectivity index (χ3v) is 4.79. The molecule has 0 aromatic heterocycles. The van der Waals surface area contributed by atoms with E-state index in [1.165, 1.54) is 5.56 Å². The highest BCUT2D eigenvalue weighted by molar-refractivity contribution is 6.06. The molecule has 1 heterocycles. The molecular formula is C24H20N4O. The Morgan fingerprint density at radius 2 is 1.86 bits per heavy atom. The van der Waals surface area contributed by atoms with Crippen LogP contribution in [-0.2, 0) is 6.54 Å². The summed E-state index contributed by atoms with van der Waals surface area (Å²) in [5.41, 5.74) is 5.34. The van der Waals surface area contributed by atoms with Gasteiger partial charge in [0.1, 0.15) is 0 Å². The van der Waals surface area contributed by atoms with Gasteiger partial charge in [0.15, 0.2) is 0 Å². The summed E-state index contributed by atoms with van der Waals surface area (Å²) in [7, 11) is 4.07. The molecule has 2 aromatic rings. The third-order valence-electron chi connectivity index (χ3n) is 4.79. The van der Waals surface area contributed by atoms with Crippen molar-refractivity contribution in [1.82, 2.24) is 9.88 Å². The summed E-state index contributed by atoms with van der Waals surface area (Å²) in [5, 5.41) is 13.2. The maximum atomic E-state index is 12.7. The molecule has 0 bridgehead atoms. The van der Waals surface area contributed by atoms with Crippen LogP contribution in [0.5, 0.6) is 0 Å². The van der Waals surface area contributed by atoms with Crippen molar-refractivity contribution in [1.29, 1.82) is 5.26 Å². The van der Waals surface area contributed by atoms with E-state index < -0.39 is 0 Å². The quantitative estimate of drug-likeness (QED) is 0.565. The minimum absolute atomic E-state index is 0.314. The van der Waals surface area contributed by atoms with Gasteiger partial charge < -0.3 is 10.2 Å². The summed E-state index contributed by atoms with van der Waals surface area (Å²) >= 11 is 0. The van der Waals surface area contributed by atoms with Crippen molar-refractivity contribution in [3.8, 4) is 17.3 Å². The largest absolute Gasteiger partial charge is 0.322 e. The van der Waals surface area contributed by atoms with Gasteiger partial charge in [-0.1, -0.05) is 42.5 Å². The zero-order valence-electron chi connectivity index (χ0n) is 16.3. The lowest BCUT2D eigenvalue weighted by Gasteiger charge is -2.09. The Morgan fingerprint density at radius 1 is 1.07 bits per heavy atom. The van der Waals surface area contributed by atoms with Crippen molar-refractivity contribution < 1.29 is 4.79 Å². The van der Waals surface area contributed by atoms with E-state index in [4.69, 9.17) is 4.98 Å². The summed E-state index contributed by atoms with van der Waals surface area (Å²) in [6, 6.07) is 22.7. The van der Waals surface area contributed by atoms with Gasteiger partial charge in [-0.15, -0.1) is 0 Å². The lowest BCUT2D eigenvalue weighted by molar-refractivity contribution is 0.102. The van der Waals surface area contributed by atoms with Crippen LogP contribution in [0.2, 0.25) is 0 Å². The number of amides is 1. The van der Waals surface area contributed by atoms with E-state index in [1.54, 1.807) is 24.3 Å².